The summed E-state index contributed by atoms with van der Waals surface area (Å²) in [5.41, 5.74) is 4.93. The quantitative estimate of drug-likeness (QED) is 0.252. The van der Waals surface area contributed by atoms with Crippen molar-refractivity contribution >= 4 is 11.8 Å². The summed E-state index contributed by atoms with van der Waals surface area (Å²) in [7, 11) is 0. The maximum absolute atomic E-state index is 3.92. The molecule has 0 fully saturated rings. The van der Waals surface area contributed by atoms with Crippen molar-refractivity contribution in [2.45, 2.75) is 11.6 Å². The molecule has 0 unspecified atom stereocenters. The number of hydrogen-bond donors (Lipinski definition) is 0. The largest absolute Gasteiger partial charge is 1.00 e. The minimum absolute atomic E-state index is 0. The summed E-state index contributed by atoms with van der Waals surface area (Å²) in [5, 5.41) is 1.24. The minimum atomic E-state index is 0. The molecule has 0 saturated carbocycles. The lowest BCUT2D eigenvalue weighted by Crippen LogP contribution is -3.00. The van der Waals surface area contributed by atoms with Crippen molar-refractivity contribution in [3.63, 3.8) is 0 Å². The van der Waals surface area contributed by atoms with Gasteiger partial charge in [0.2, 0.25) is 10.7 Å². The zero-order chi connectivity index (χ0) is 16.1. The number of benzene rings is 2. The van der Waals surface area contributed by atoms with Gasteiger partial charge in [-0.2, -0.15) is 4.57 Å². The van der Waals surface area contributed by atoms with Gasteiger partial charge in [-0.3, -0.25) is 0 Å². The van der Waals surface area contributed by atoms with Crippen molar-refractivity contribution in [1.82, 2.24) is 0 Å². The molecular formula is C21H20INS. The lowest BCUT2D eigenvalue weighted by atomic mass is 10.0. The Bertz CT molecular complexity index is 801. The van der Waals surface area contributed by atoms with Crippen molar-refractivity contribution in [3.05, 3.63) is 85.5 Å². The molecule has 0 N–H and O–H groups in total. The van der Waals surface area contributed by atoms with Gasteiger partial charge in [0.25, 0.3) is 0 Å². The number of hydrogen-bond acceptors (Lipinski definition) is 1. The minimum Gasteiger partial charge on any atom is -1.00 e. The Labute approximate surface area is 165 Å². The van der Waals surface area contributed by atoms with Gasteiger partial charge in [0.05, 0.1) is 0 Å². The Balaban J connectivity index is 0.00000208. The Morgan fingerprint density at radius 1 is 0.875 bits per heavy atom. The van der Waals surface area contributed by atoms with E-state index in [1.54, 1.807) is 11.8 Å². The maximum atomic E-state index is 3.92. The molecule has 3 heteroatoms. The van der Waals surface area contributed by atoms with E-state index in [0.29, 0.717) is 0 Å². The number of aromatic nitrogens is 1. The molecule has 1 aromatic heterocycles. The van der Waals surface area contributed by atoms with E-state index in [1.807, 2.05) is 6.08 Å². The number of halogens is 1. The Kier molecular flexibility index (Phi) is 7.06. The van der Waals surface area contributed by atoms with E-state index in [1.165, 1.54) is 27.4 Å². The first-order valence-electron chi connectivity index (χ1n) is 7.67. The van der Waals surface area contributed by atoms with Gasteiger partial charge in [-0.25, -0.2) is 0 Å². The van der Waals surface area contributed by atoms with Gasteiger partial charge in [-0.05, 0) is 35.6 Å². The topological polar surface area (TPSA) is 3.88 Å². The van der Waals surface area contributed by atoms with Gasteiger partial charge in [0.1, 0.15) is 0 Å². The average molecular weight is 445 g/mol. The van der Waals surface area contributed by atoms with Crippen LogP contribution >= 0.6 is 11.8 Å². The van der Waals surface area contributed by atoms with Crippen LogP contribution in [0.25, 0.3) is 22.4 Å². The first-order chi connectivity index (χ1) is 11.3. The van der Waals surface area contributed by atoms with Gasteiger partial charge in [0, 0.05) is 17.7 Å². The van der Waals surface area contributed by atoms with Crippen LogP contribution in [0.15, 0.2) is 90.5 Å². The lowest BCUT2D eigenvalue weighted by molar-refractivity contribution is -0.712. The van der Waals surface area contributed by atoms with Gasteiger partial charge in [-0.15, -0.1) is 0 Å². The van der Waals surface area contributed by atoms with Crippen LogP contribution in [-0.4, -0.2) is 6.26 Å². The van der Waals surface area contributed by atoms with Crippen LogP contribution in [0.1, 0.15) is 0 Å². The highest BCUT2D eigenvalue weighted by molar-refractivity contribution is 7.98. The van der Waals surface area contributed by atoms with E-state index in [4.69, 9.17) is 0 Å². The van der Waals surface area contributed by atoms with Gasteiger partial charge in [-0.1, -0.05) is 66.9 Å². The third kappa shape index (κ3) is 4.08. The van der Waals surface area contributed by atoms with Crippen LogP contribution in [0.4, 0.5) is 0 Å². The molecule has 0 saturated heterocycles. The van der Waals surface area contributed by atoms with Crippen LogP contribution < -0.4 is 28.5 Å². The third-order valence-corrected chi connectivity index (χ3v) is 4.58. The molecule has 2 aromatic carbocycles. The van der Waals surface area contributed by atoms with Crippen LogP contribution in [0.5, 0.6) is 0 Å². The van der Waals surface area contributed by atoms with Crippen molar-refractivity contribution in [2.24, 2.45) is 0 Å². The highest BCUT2D eigenvalue weighted by atomic mass is 127. The molecule has 0 aliphatic rings. The van der Waals surface area contributed by atoms with E-state index in [9.17, 15) is 0 Å². The standard InChI is InChI=1S/C21H20NS.HI/c1-3-14-22-20(18-12-8-5-9-13-18)15-19(16-21(22)23-2)17-10-6-4-7-11-17;/h3-13,15-16H,1,14H2,2H3;1H/q+1;/p-1. The van der Waals surface area contributed by atoms with Crippen molar-refractivity contribution in [2.75, 3.05) is 6.26 Å². The molecule has 0 amide bonds. The van der Waals surface area contributed by atoms with Gasteiger partial charge >= 0.3 is 0 Å². The second-order valence-corrected chi connectivity index (χ2v) is 6.13. The molecule has 1 heterocycles. The summed E-state index contributed by atoms with van der Waals surface area (Å²) < 4.78 is 2.32. The SMILES string of the molecule is C=CC[n+]1c(SC)cc(-c2ccccc2)cc1-c1ccccc1.[I-]. The van der Waals surface area contributed by atoms with Crippen LogP contribution in [0, 0.1) is 0 Å². The zero-order valence-corrected chi connectivity index (χ0v) is 16.6. The van der Waals surface area contributed by atoms with Crippen molar-refractivity contribution < 1.29 is 28.5 Å². The normalized spacial score (nSPS) is 10.0. The first-order valence-corrected chi connectivity index (χ1v) is 8.89. The summed E-state index contributed by atoms with van der Waals surface area (Å²) in [4.78, 5) is 0. The average Bonchev–Trinajstić information content (AvgIpc) is 2.63. The van der Waals surface area contributed by atoms with Crippen LogP contribution in [0.3, 0.4) is 0 Å². The maximum Gasteiger partial charge on any atom is 0.241 e. The molecule has 3 rings (SSSR count). The van der Waals surface area contributed by atoms with Crippen molar-refractivity contribution in [1.29, 1.82) is 0 Å². The summed E-state index contributed by atoms with van der Waals surface area (Å²) in [6, 6.07) is 25.6. The molecular weight excluding hydrogens is 425 g/mol. The predicted molar refractivity (Wildman–Crippen MR) is 99.5 cm³/mol. The van der Waals surface area contributed by atoms with Crippen LogP contribution in [-0.2, 0) is 6.54 Å². The van der Waals surface area contributed by atoms with E-state index >= 15 is 0 Å². The monoisotopic (exact) mass is 445 g/mol. The predicted octanol–water partition coefficient (Wildman–Crippen LogP) is 2.22. The zero-order valence-electron chi connectivity index (χ0n) is 13.7. The highest BCUT2D eigenvalue weighted by Gasteiger charge is 2.19. The van der Waals surface area contributed by atoms with Crippen molar-refractivity contribution in [3.8, 4) is 22.4 Å². The number of rotatable bonds is 5. The summed E-state index contributed by atoms with van der Waals surface area (Å²) in [6.07, 6.45) is 4.08. The van der Waals surface area contributed by atoms with E-state index in [2.05, 4.69) is 90.2 Å². The third-order valence-electron chi connectivity index (χ3n) is 3.83. The summed E-state index contributed by atoms with van der Waals surface area (Å²) in [6.45, 7) is 4.72. The molecule has 3 aromatic rings. The smallest absolute Gasteiger partial charge is 0.241 e. The van der Waals surface area contributed by atoms with E-state index in [-0.39, 0.29) is 24.0 Å². The Morgan fingerprint density at radius 2 is 1.46 bits per heavy atom. The Morgan fingerprint density at radius 3 is 2.00 bits per heavy atom. The molecule has 1 nitrogen and oxygen atoms in total. The fourth-order valence-corrected chi connectivity index (χ4v) is 3.37. The molecule has 122 valence electrons. The molecule has 24 heavy (non-hydrogen) atoms. The van der Waals surface area contributed by atoms with Gasteiger partial charge < -0.3 is 24.0 Å². The molecule has 0 bridgehead atoms. The molecule has 0 radical (unpaired) electrons. The number of thioether (sulfide) groups is 1. The van der Waals surface area contributed by atoms with E-state index < -0.39 is 0 Å². The molecule has 0 aliphatic heterocycles. The second-order valence-electron chi connectivity index (χ2n) is 5.30. The number of allylic oxidation sites excluding steroid dienone is 1. The van der Waals surface area contributed by atoms with Gasteiger partial charge in [0.15, 0.2) is 6.54 Å². The fraction of sp³-hybridized carbons (Fsp3) is 0.0952. The summed E-state index contributed by atoms with van der Waals surface area (Å²) in [5.74, 6) is 0. The van der Waals surface area contributed by atoms with E-state index in [0.717, 1.165) is 6.54 Å². The number of nitrogens with zero attached hydrogens (tertiary/aromatic N) is 1. The number of pyridine rings is 1. The first kappa shape index (κ1) is 18.7. The fourth-order valence-electron chi connectivity index (χ4n) is 2.73. The summed E-state index contributed by atoms with van der Waals surface area (Å²) >= 11 is 1.77. The lowest BCUT2D eigenvalue weighted by Gasteiger charge is -2.10. The molecule has 0 atom stereocenters. The molecule has 0 spiro atoms. The second kappa shape index (κ2) is 9.04. The Hall–Kier alpha value is -1.59. The highest BCUT2D eigenvalue weighted by Crippen LogP contribution is 2.27. The molecule has 0 aliphatic carbocycles. The van der Waals surface area contributed by atoms with Crippen LogP contribution in [0.2, 0.25) is 0 Å².